The van der Waals surface area contributed by atoms with Crippen LogP contribution in [0, 0.1) is 0 Å². The number of fused-ring (bicyclic) bond motifs is 1. The van der Waals surface area contributed by atoms with E-state index in [0.29, 0.717) is 0 Å². The molecule has 6 heteroatoms. The van der Waals surface area contributed by atoms with Crippen LogP contribution >= 0.6 is 0 Å². The van der Waals surface area contributed by atoms with Crippen molar-refractivity contribution >= 4 is 11.4 Å². The van der Waals surface area contributed by atoms with Crippen molar-refractivity contribution in [2.45, 2.75) is 19.4 Å². The van der Waals surface area contributed by atoms with Crippen LogP contribution in [0.3, 0.4) is 0 Å². The monoisotopic (exact) mass is 326 g/mol. The van der Waals surface area contributed by atoms with Crippen LogP contribution in [0.2, 0.25) is 0 Å². The first-order valence-electron chi connectivity index (χ1n) is 8.17. The maximum atomic E-state index is 9.36. The second-order valence-corrected chi connectivity index (χ2v) is 6.07. The fraction of sp³-hybridized carbons (Fsp3) is 0.333. The highest BCUT2D eigenvalue weighted by atomic mass is 16.3. The predicted octanol–water partition coefficient (Wildman–Crippen LogP) is 2.30. The van der Waals surface area contributed by atoms with Gasteiger partial charge in [-0.05, 0) is 41.7 Å². The molecule has 0 saturated heterocycles. The number of rotatable bonds is 6. The summed E-state index contributed by atoms with van der Waals surface area (Å²) in [6.07, 6.45) is 6.62. The zero-order valence-electron chi connectivity index (χ0n) is 14.3. The summed E-state index contributed by atoms with van der Waals surface area (Å²) in [6.45, 7) is 2.15. The van der Waals surface area contributed by atoms with Crippen LogP contribution in [0.4, 0.5) is 5.69 Å². The maximum Gasteiger partial charge on any atom is 0.102 e. The minimum Gasteiger partial charge on any atom is -0.441 e. The summed E-state index contributed by atoms with van der Waals surface area (Å²) in [5.41, 5.74) is 6.58. The summed E-state index contributed by atoms with van der Waals surface area (Å²) in [6, 6.07) is 8.40. The second-order valence-electron chi connectivity index (χ2n) is 6.07. The number of nitrogens with zero attached hydrogens (tertiary/aromatic N) is 3. The number of hydrogen-bond acceptors (Lipinski definition) is 5. The Hall–Kier alpha value is -2.60. The lowest BCUT2D eigenvalue weighted by Crippen LogP contribution is -2.44. The van der Waals surface area contributed by atoms with Crippen molar-refractivity contribution < 1.29 is 5.11 Å². The van der Waals surface area contributed by atoms with Gasteiger partial charge in [0.05, 0.1) is 12.6 Å². The largest absolute Gasteiger partial charge is 0.441 e. The number of anilines is 1. The Balaban J connectivity index is 1.75. The van der Waals surface area contributed by atoms with E-state index in [2.05, 4.69) is 45.2 Å². The molecule has 1 atom stereocenters. The van der Waals surface area contributed by atoms with Gasteiger partial charge in [-0.25, -0.2) is 0 Å². The zero-order chi connectivity index (χ0) is 17.1. The molecule has 0 saturated carbocycles. The minimum atomic E-state index is 0.0325. The molecule has 1 aromatic carbocycles. The molecular weight excluding hydrogens is 302 g/mol. The topological polar surface area (TPSA) is 64.9 Å². The van der Waals surface area contributed by atoms with E-state index in [4.69, 9.17) is 0 Å². The summed E-state index contributed by atoms with van der Waals surface area (Å²) in [5, 5.41) is 19.1. The molecule has 3 rings (SSSR count). The van der Waals surface area contributed by atoms with E-state index >= 15 is 0 Å². The van der Waals surface area contributed by atoms with Gasteiger partial charge < -0.3 is 31.1 Å². The van der Waals surface area contributed by atoms with E-state index in [-0.39, 0.29) is 12.6 Å². The Morgan fingerprint density at radius 3 is 2.62 bits per heavy atom. The van der Waals surface area contributed by atoms with Gasteiger partial charge in [-0.15, -0.1) is 0 Å². The van der Waals surface area contributed by atoms with Crippen LogP contribution in [0.5, 0.6) is 0 Å². The predicted molar refractivity (Wildman–Crippen MR) is 97.5 cm³/mol. The normalized spacial score (nSPS) is 17.0. The Kier molecular flexibility index (Phi) is 4.66. The second kappa shape index (κ2) is 6.88. The van der Waals surface area contributed by atoms with Gasteiger partial charge in [0.25, 0.3) is 0 Å². The van der Waals surface area contributed by atoms with Gasteiger partial charge in [-0.3, -0.25) is 0 Å². The molecule has 0 amide bonds. The van der Waals surface area contributed by atoms with E-state index < -0.39 is 0 Å². The lowest BCUT2D eigenvalue weighted by Gasteiger charge is -2.39. The van der Waals surface area contributed by atoms with Crippen LogP contribution in [0.25, 0.3) is 11.0 Å². The minimum absolute atomic E-state index is 0.0325. The molecule has 2 aliphatic rings. The first kappa shape index (κ1) is 16.3. The molecule has 3 N–H and O–H groups in total. The maximum absolute atomic E-state index is 9.36. The molecule has 0 aliphatic carbocycles. The van der Waals surface area contributed by atoms with Gasteiger partial charge in [0.1, 0.15) is 5.82 Å². The van der Waals surface area contributed by atoms with Gasteiger partial charge >= 0.3 is 0 Å². The molecule has 0 radical (unpaired) electrons. The first-order valence-corrected chi connectivity index (χ1v) is 8.17. The number of hydrogen-bond donors (Lipinski definition) is 3. The standard InChI is InChI=1S/C18H24N5O/c1-4-14(12-24)20-17-9-10-18-19-11-16(23(18)21-17)13-5-7-15(8-6-13)22(2)3/h5-11,14,20-21,24H,4,12H2,1-3H3/q-1. The summed E-state index contributed by atoms with van der Waals surface area (Å²) < 4.78 is 0. The Labute approximate surface area is 143 Å². The first-order chi connectivity index (χ1) is 11.6. The highest BCUT2D eigenvalue weighted by Crippen LogP contribution is 2.34. The van der Waals surface area contributed by atoms with E-state index in [1.807, 2.05) is 44.4 Å². The van der Waals surface area contributed by atoms with Crippen molar-refractivity contribution in [1.82, 2.24) is 15.8 Å². The molecular formula is C18H24N5O-. The summed E-state index contributed by atoms with van der Waals surface area (Å²) in [4.78, 5) is 2.08. The molecule has 0 bridgehead atoms. The van der Waals surface area contributed by atoms with E-state index in [9.17, 15) is 5.11 Å². The average molecular weight is 326 g/mol. The van der Waals surface area contributed by atoms with Gasteiger partial charge in [-0.2, -0.15) is 0 Å². The van der Waals surface area contributed by atoms with Crippen LogP contribution in [-0.2, 0) is 0 Å². The highest BCUT2D eigenvalue weighted by molar-refractivity contribution is 5.73. The lowest BCUT2D eigenvalue weighted by atomic mass is 10.1. The van der Waals surface area contributed by atoms with Crippen molar-refractivity contribution in [1.29, 1.82) is 0 Å². The third-order valence-corrected chi connectivity index (χ3v) is 4.17. The third-order valence-electron chi connectivity index (χ3n) is 4.17. The average Bonchev–Trinajstić information content (AvgIpc) is 3.03. The van der Waals surface area contributed by atoms with E-state index in [1.54, 1.807) is 0 Å². The number of allylic oxidation sites excluding steroid dienone is 2. The van der Waals surface area contributed by atoms with Gasteiger partial charge in [-0.1, -0.05) is 31.3 Å². The van der Waals surface area contributed by atoms with Crippen molar-refractivity contribution in [3.05, 3.63) is 65.1 Å². The number of aliphatic hydroxyl groups is 1. The molecule has 0 spiro atoms. The number of aliphatic hydroxyl groups excluding tert-OH is 1. The number of nitrogens with one attached hydrogen (secondary N) is 2. The van der Waals surface area contributed by atoms with Crippen molar-refractivity contribution in [2.75, 3.05) is 25.6 Å². The molecule has 128 valence electrons. The van der Waals surface area contributed by atoms with Gasteiger partial charge in [0, 0.05) is 19.8 Å². The van der Waals surface area contributed by atoms with Crippen LogP contribution in [0.1, 0.15) is 18.9 Å². The molecule has 0 fully saturated rings. The summed E-state index contributed by atoms with van der Waals surface area (Å²) in [7, 11) is 4.06. The number of hydrazine groups is 1. The Bertz CT molecular complexity index is 671. The molecule has 6 nitrogen and oxygen atoms in total. The van der Waals surface area contributed by atoms with Crippen molar-refractivity contribution in [3.63, 3.8) is 0 Å². The fourth-order valence-corrected chi connectivity index (χ4v) is 2.63. The van der Waals surface area contributed by atoms with Crippen molar-refractivity contribution in [3.8, 4) is 0 Å². The Morgan fingerprint density at radius 1 is 1.25 bits per heavy atom. The van der Waals surface area contributed by atoms with Gasteiger partial charge in [0.15, 0.2) is 0 Å². The highest BCUT2D eigenvalue weighted by Gasteiger charge is 2.17. The Morgan fingerprint density at radius 2 is 2.00 bits per heavy atom. The molecule has 0 aromatic heterocycles. The molecule has 1 aromatic rings. The quantitative estimate of drug-likeness (QED) is 0.749. The SMILES string of the molecule is CCC(CO)NC1=CC=C2[N-]C=C(c3ccc(N(C)C)cc3)N2N1. The van der Waals surface area contributed by atoms with Crippen LogP contribution in [-0.4, -0.2) is 36.9 Å². The zero-order valence-corrected chi connectivity index (χ0v) is 14.3. The van der Waals surface area contributed by atoms with Crippen LogP contribution < -0.4 is 15.6 Å². The summed E-state index contributed by atoms with van der Waals surface area (Å²) >= 11 is 0. The lowest BCUT2D eigenvalue weighted by molar-refractivity contribution is 0.239. The van der Waals surface area contributed by atoms with Crippen LogP contribution in [0.15, 0.2) is 54.3 Å². The fourth-order valence-electron chi connectivity index (χ4n) is 2.63. The number of benzene rings is 1. The van der Waals surface area contributed by atoms with E-state index in [1.165, 1.54) is 0 Å². The molecule has 24 heavy (non-hydrogen) atoms. The van der Waals surface area contributed by atoms with E-state index in [0.717, 1.165) is 35.0 Å². The van der Waals surface area contributed by atoms with Gasteiger partial charge in [0.2, 0.25) is 0 Å². The third kappa shape index (κ3) is 3.19. The smallest absolute Gasteiger partial charge is 0.102 e. The van der Waals surface area contributed by atoms with Crippen molar-refractivity contribution in [2.24, 2.45) is 0 Å². The summed E-state index contributed by atoms with van der Waals surface area (Å²) in [5.74, 6) is 1.71. The molecule has 2 aliphatic heterocycles. The molecule has 1 unspecified atom stereocenters. The molecule has 2 heterocycles.